The van der Waals surface area contributed by atoms with E-state index >= 15 is 0 Å². The van der Waals surface area contributed by atoms with Crippen molar-refractivity contribution in [1.29, 1.82) is 0 Å². The van der Waals surface area contributed by atoms with Crippen molar-refractivity contribution in [3.8, 4) is 5.75 Å². The second-order valence-electron chi connectivity index (χ2n) is 6.41. The minimum absolute atomic E-state index is 0.0106. The summed E-state index contributed by atoms with van der Waals surface area (Å²) in [6.07, 6.45) is -0.0106. The van der Waals surface area contributed by atoms with Crippen LogP contribution in [0.25, 0.3) is 0 Å². The maximum absolute atomic E-state index is 13.7. The highest BCUT2D eigenvalue weighted by Crippen LogP contribution is 2.14. The van der Waals surface area contributed by atoms with E-state index in [0.29, 0.717) is 5.75 Å². The lowest BCUT2D eigenvalue weighted by Gasteiger charge is -2.15. The predicted octanol–water partition coefficient (Wildman–Crippen LogP) is 1.74. The van der Waals surface area contributed by atoms with Gasteiger partial charge in [0.25, 0.3) is 11.8 Å². The minimum atomic E-state index is -4.25. The van der Waals surface area contributed by atoms with Gasteiger partial charge in [0, 0.05) is 5.56 Å². The van der Waals surface area contributed by atoms with E-state index in [-0.39, 0.29) is 11.7 Å². The van der Waals surface area contributed by atoms with Gasteiger partial charge in [-0.1, -0.05) is 12.1 Å². The Bertz CT molecular complexity index is 978. The highest BCUT2D eigenvalue weighted by molar-refractivity contribution is 7.89. The van der Waals surface area contributed by atoms with Gasteiger partial charge >= 0.3 is 0 Å². The molecule has 0 unspecified atom stereocenters. The van der Waals surface area contributed by atoms with Crippen molar-refractivity contribution in [1.82, 2.24) is 15.6 Å². The molecular weight excluding hydrogens is 401 g/mol. The van der Waals surface area contributed by atoms with Gasteiger partial charge in [-0.3, -0.25) is 20.4 Å². The smallest absolute Gasteiger partial charge is 0.269 e. The van der Waals surface area contributed by atoms with Gasteiger partial charge in [0.2, 0.25) is 10.0 Å². The van der Waals surface area contributed by atoms with E-state index in [1.165, 1.54) is 31.2 Å². The molecule has 0 aliphatic heterocycles. The first-order valence-corrected chi connectivity index (χ1v) is 10.2. The molecule has 2 amide bonds. The standard InChI is InChI=1S/C19H22FN3O5S/c1-12(2)28-15-10-8-14(9-11-15)19(25)22-21-18(24)13(3)23-29(26,27)17-7-5-4-6-16(17)20/h4-13,23H,1-3H3,(H,21,24)(H,22,25)/t13-/m0/s1. The Hall–Kier alpha value is -2.98. The van der Waals surface area contributed by atoms with E-state index < -0.39 is 38.6 Å². The van der Waals surface area contributed by atoms with Gasteiger partial charge < -0.3 is 4.74 Å². The zero-order valence-electron chi connectivity index (χ0n) is 16.1. The van der Waals surface area contributed by atoms with Crippen LogP contribution in [-0.2, 0) is 14.8 Å². The molecule has 2 rings (SSSR count). The highest BCUT2D eigenvalue weighted by atomic mass is 32.2. The zero-order valence-corrected chi connectivity index (χ0v) is 16.9. The summed E-state index contributed by atoms with van der Waals surface area (Å²) in [5.74, 6) is -1.76. The summed E-state index contributed by atoms with van der Waals surface area (Å²) in [4.78, 5) is 23.6. The SMILES string of the molecule is CC(C)Oc1ccc(C(=O)NNC(=O)[C@H](C)NS(=O)(=O)c2ccccc2F)cc1. The van der Waals surface area contributed by atoms with Crippen molar-refractivity contribution in [3.63, 3.8) is 0 Å². The van der Waals surface area contributed by atoms with Crippen LogP contribution in [0.3, 0.4) is 0 Å². The Balaban J connectivity index is 1.92. The fraction of sp³-hybridized carbons (Fsp3) is 0.263. The number of hydrogen-bond donors (Lipinski definition) is 3. The molecule has 2 aromatic carbocycles. The van der Waals surface area contributed by atoms with Crippen LogP contribution in [0.15, 0.2) is 53.4 Å². The molecule has 0 saturated heterocycles. The molecule has 8 nitrogen and oxygen atoms in total. The second kappa shape index (κ2) is 9.48. The van der Waals surface area contributed by atoms with Gasteiger partial charge in [0.05, 0.1) is 12.1 Å². The third-order valence-electron chi connectivity index (χ3n) is 3.64. The van der Waals surface area contributed by atoms with Gasteiger partial charge in [-0.2, -0.15) is 4.72 Å². The summed E-state index contributed by atoms with van der Waals surface area (Å²) < 4.78 is 45.6. The summed E-state index contributed by atoms with van der Waals surface area (Å²) in [6.45, 7) is 5.01. The molecule has 2 aromatic rings. The number of benzene rings is 2. The molecule has 0 saturated carbocycles. The van der Waals surface area contributed by atoms with Crippen LogP contribution in [-0.4, -0.2) is 32.4 Å². The maximum Gasteiger partial charge on any atom is 0.269 e. The van der Waals surface area contributed by atoms with Gasteiger partial charge in [-0.05, 0) is 57.2 Å². The van der Waals surface area contributed by atoms with Gasteiger partial charge in [-0.25, -0.2) is 12.8 Å². The number of hydrogen-bond acceptors (Lipinski definition) is 5. The highest BCUT2D eigenvalue weighted by Gasteiger charge is 2.24. The van der Waals surface area contributed by atoms with E-state index in [9.17, 15) is 22.4 Å². The summed E-state index contributed by atoms with van der Waals surface area (Å²) in [5, 5.41) is 0. The van der Waals surface area contributed by atoms with Crippen LogP contribution >= 0.6 is 0 Å². The summed E-state index contributed by atoms with van der Waals surface area (Å²) in [5.41, 5.74) is 4.58. The fourth-order valence-electron chi connectivity index (χ4n) is 2.27. The average molecular weight is 423 g/mol. The van der Waals surface area contributed by atoms with Crippen molar-refractivity contribution < 1.29 is 27.1 Å². The van der Waals surface area contributed by atoms with Crippen LogP contribution in [0, 0.1) is 5.82 Å². The molecule has 156 valence electrons. The molecule has 0 aromatic heterocycles. The number of carbonyl (C=O) groups is 2. The van der Waals surface area contributed by atoms with Crippen LogP contribution in [0.1, 0.15) is 31.1 Å². The Morgan fingerprint density at radius 3 is 2.17 bits per heavy atom. The van der Waals surface area contributed by atoms with E-state index in [1.54, 1.807) is 12.1 Å². The number of ether oxygens (including phenoxy) is 1. The molecule has 0 bridgehead atoms. The van der Waals surface area contributed by atoms with Crippen molar-refractivity contribution >= 4 is 21.8 Å². The number of sulfonamides is 1. The van der Waals surface area contributed by atoms with Crippen molar-refractivity contribution in [2.75, 3.05) is 0 Å². The summed E-state index contributed by atoms with van der Waals surface area (Å²) >= 11 is 0. The molecule has 0 aliphatic rings. The number of nitrogens with one attached hydrogen (secondary N) is 3. The molecular formula is C19H22FN3O5S. The summed E-state index contributed by atoms with van der Waals surface area (Å²) in [6, 6.07) is 9.79. The van der Waals surface area contributed by atoms with E-state index in [0.717, 1.165) is 12.1 Å². The lowest BCUT2D eigenvalue weighted by Crippen LogP contribution is -2.51. The summed E-state index contributed by atoms with van der Waals surface area (Å²) in [7, 11) is -4.25. The van der Waals surface area contributed by atoms with Crippen molar-refractivity contribution in [2.24, 2.45) is 0 Å². The molecule has 0 heterocycles. The van der Waals surface area contributed by atoms with Crippen LogP contribution in [0.2, 0.25) is 0 Å². The quantitative estimate of drug-likeness (QED) is 0.587. The van der Waals surface area contributed by atoms with E-state index in [2.05, 4.69) is 15.6 Å². The minimum Gasteiger partial charge on any atom is -0.491 e. The molecule has 29 heavy (non-hydrogen) atoms. The number of hydrazine groups is 1. The van der Waals surface area contributed by atoms with Crippen molar-refractivity contribution in [2.45, 2.75) is 37.8 Å². The van der Waals surface area contributed by atoms with Crippen molar-refractivity contribution in [3.05, 3.63) is 59.9 Å². The lowest BCUT2D eigenvalue weighted by atomic mass is 10.2. The Morgan fingerprint density at radius 2 is 1.59 bits per heavy atom. The first-order chi connectivity index (χ1) is 13.6. The van der Waals surface area contributed by atoms with E-state index in [4.69, 9.17) is 4.74 Å². The van der Waals surface area contributed by atoms with Crippen LogP contribution in [0.5, 0.6) is 5.75 Å². The number of rotatable bonds is 7. The van der Waals surface area contributed by atoms with Crippen LogP contribution < -0.4 is 20.3 Å². The maximum atomic E-state index is 13.7. The first kappa shape index (κ1) is 22.3. The largest absolute Gasteiger partial charge is 0.491 e. The first-order valence-electron chi connectivity index (χ1n) is 8.74. The van der Waals surface area contributed by atoms with Gasteiger partial charge in [-0.15, -0.1) is 0 Å². The third kappa shape index (κ3) is 6.26. The van der Waals surface area contributed by atoms with Crippen LogP contribution in [0.4, 0.5) is 4.39 Å². The molecule has 0 radical (unpaired) electrons. The lowest BCUT2D eigenvalue weighted by molar-refractivity contribution is -0.123. The monoisotopic (exact) mass is 423 g/mol. The Kier molecular flexibility index (Phi) is 7.29. The predicted molar refractivity (Wildman–Crippen MR) is 104 cm³/mol. The molecule has 0 aliphatic carbocycles. The number of halogens is 1. The third-order valence-corrected chi connectivity index (χ3v) is 5.21. The average Bonchev–Trinajstić information content (AvgIpc) is 2.65. The van der Waals surface area contributed by atoms with E-state index in [1.807, 2.05) is 13.8 Å². The number of carbonyl (C=O) groups excluding carboxylic acids is 2. The van der Waals surface area contributed by atoms with Gasteiger partial charge in [0.15, 0.2) is 0 Å². The second-order valence-corrected chi connectivity index (χ2v) is 8.09. The molecule has 0 fully saturated rings. The Morgan fingerprint density at radius 1 is 0.966 bits per heavy atom. The zero-order chi connectivity index (χ0) is 21.6. The Labute approximate surface area is 168 Å². The molecule has 10 heteroatoms. The fourth-order valence-corrected chi connectivity index (χ4v) is 3.55. The molecule has 3 N–H and O–H groups in total. The molecule has 0 spiro atoms. The topological polar surface area (TPSA) is 114 Å². The molecule has 1 atom stereocenters. The normalized spacial score (nSPS) is 12.3. The van der Waals surface area contributed by atoms with Gasteiger partial charge in [0.1, 0.15) is 16.5 Å². The number of amides is 2.